The number of methoxy groups -OCH3 is 1. The van der Waals surface area contributed by atoms with Crippen LogP contribution in [0.15, 0.2) is 35.8 Å². The predicted molar refractivity (Wildman–Crippen MR) is 74.5 cm³/mol. The Morgan fingerprint density at radius 3 is 2.84 bits per heavy atom. The molecular weight excluding hydrogens is 263 g/mol. The Hall–Kier alpha value is -1.30. The van der Waals surface area contributed by atoms with Crippen molar-refractivity contribution in [3.63, 3.8) is 0 Å². The standard InChI is InChI=1S/C14H17FN2OS/c1-18-8-7-17(11-14-16-6-9-19-14)10-12-4-2-3-5-13(12)15/h2-6,9H,7-8,10-11H2,1H3. The molecule has 0 saturated carbocycles. The predicted octanol–water partition coefficient (Wildman–Crippen LogP) is 2.93. The molecular formula is C14H17FN2OS. The smallest absolute Gasteiger partial charge is 0.127 e. The molecule has 0 unspecified atom stereocenters. The van der Waals surface area contributed by atoms with Crippen LogP contribution in [-0.2, 0) is 17.8 Å². The Labute approximate surface area is 116 Å². The molecule has 3 nitrogen and oxygen atoms in total. The Morgan fingerprint density at radius 1 is 1.32 bits per heavy atom. The van der Waals surface area contributed by atoms with Gasteiger partial charge in [0, 0.05) is 37.3 Å². The summed E-state index contributed by atoms with van der Waals surface area (Å²) in [7, 11) is 1.67. The van der Waals surface area contributed by atoms with Gasteiger partial charge in [0.2, 0.25) is 0 Å². The van der Waals surface area contributed by atoms with E-state index in [0.29, 0.717) is 18.7 Å². The molecule has 0 amide bonds. The fraction of sp³-hybridized carbons (Fsp3) is 0.357. The van der Waals surface area contributed by atoms with Crippen LogP contribution < -0.4 is 0 Å². The first-order valence-corrected chi connectivity index (χ1v) is 7.00. The van der Waals surface area contributed by atoms with Crippen LogP contribution in [0.1, 0.15) is 10.6 Å². The van der Waals surface area contributed by atoms with Crippen LogP contribution in [0.2, 0.25) is 0 Å². The van der Waals surface area contributed by atoms with Gasteiger partial charge in [-0.05, 0) is 6.07 Å². The minimum absolute atomic E-state index is 0.163. The van der Waals surface area contributed by atoms with Gasteiger partial charge in [-0.2, -0.15) is 0 Å². The quantitative estimate of drug-likeness (QED) is 0.779. The summed E-state index contributed by atoms with van der Waals surface area (Å²) in [6.45, 7) is 2.66. The summed E-state index contributed by atoms with van der Waals surface area (Å²) in [6, 6.07) is 6.87. The number of halogens is 1. The van der Waals surface area contributed by atoms with E-state index in [1.807, 2.05) is 17.5 Å². The zero-order chi connectivity index (χ0) is 13.5. The topological polar surface area (TPSA) is 25.4 Å². The second-order valence-corrected chi connectivity index (χ2v) is 5.20. The van der Waals surface area contributed by atoms with Crippen molar-refractivity contribution in [3.05, 3.63) is 52.2 Å². The first kappa shape index (κ1) is 14.1. The van der Waals surface area contributed by atoms with Crippen molar-refractivity contribution in [3.8, 4) is 0 Å². The average Bonchev–Trinajstić information content (AvgIpc) is 2.91. The molecule has 1 heterocycles. The highest BCUT2D eigenvalue weighted by atomic mass is 32.1. The van der Waals surface area contributed by atoms with Crippen LogP contribution in [0.5, 0.6) is 0 Å². The van der Waals surface area contributed by atoms with Crippen LogP contribution >= 0.6 is 11.3 Å². The van der Waals surface area contributed by atoms with E-state index in [2.05, 4.69) is 9.88 Å². The highest BCUT2D eigenvalue weighted by Crippen LogP contribution is 2.14. The summed E-state index contributed by atoms with van der Waals surface area (Å²) in [5.41, 5.74) is 0.704. The van der Waals surface area contributed by atoms with E-state index in [1.54, 1.807) is 30.7 Å². The second-order valence-electron chi connectivity index (χ2n) is 4.22. The van der Waals surface area contributed by atoms with Crippen LogP contribution in [0.25, 0.3) is 0 Å². The number of benzene rings is 1. The van der Waals surface area contributed by atoms with E-state index in [0.717, 1.165) is 18.1 Å². The van der Waals surface area contributed by atoms with Crippen LogP contribution in [-0.4, -0.2) is 30.1 Å². The Bertz CT molecular complexity index is 490. The molecule has 19 heavy (non-hydrogen) atoms. The molecule has 2 rings (SSSR count). The Morgan fingerprint density at radius 2 is 2.16 bits per heavy atom. The van der Waals surface area contributed by atoms with Crippen LogP contribution in [0.3, 0.4) is 0 Å². The van der Waals surface area contributed by atoms with E-state index in [9.17, 15) is 4.39 Å². The third-order valence-corrected chi connectivity index (χ3v) is 3.57. The van der Waals surface area contributed by atoms with Crippen LogP contribution in [0.4, 0.5) is 4.39 Å². The first-order chi connectivity index (χ1) is 9.29. The summed E-state index contributed by atoms with van der Waals surface area (Å²) in [5, 5.41) is 2.99. The summed E-state index contributed by atoms with van der Waals surface area (Å²) in [5.74, 6) is -0.163. The third kappa shape index (κ3) is 4.38. The lowest BCUT2D eigenvalue weighted by atomic mass is 10.2. The van der Waals surface area contributed by atoms with Crippen molar-refractivity contribution >= 4 is 11.3 Å². The van der Waals surface area contributed by atoms with Gasteiger partial charge in [-0.15, -0.1) is 11.3 Å². The first-order valence-electron chi connectivity index (χ1n) is 6.12. The van der Waals surface area contributed by atoms with Crippen molar-refractivity contribution in [2.45, 2.75) is 13.1 Å². The molecule has 0 radical (unpaired) electrons. The molecule has 2 aromatic rings. The van der Waals surface area contributed by atoms with E-state index in [-0.39, 0.29) is 5.82 Å². The van der Waals surface area contributed by atoms with Gasteiger partial charge in [0.15, 0.2) is 0 Å². The van der Waals surface area contributed by atoms with Gasteiger partial charge in [-0.1, -0.05) is 18.2 Å². The lowest BCUT2D eigenvalue weighted by molar-refractivity contribution is 0.139. The van der Waals surface area contributed by atoms with Gasteiger partial charge in [-0.3, -0.25) is 4.90 Å². The molecule has 0 bridgehead atoms. The number of thiazole rings is 1. The number of aromatic nitrogens is 1. The summed E-state index contributed by atoms with van der Waals surface area (Å²) >= 11 is 1.61. The molecule has 0 saturated heterocycles. The van der Waals surface area contributed by atoms with Gasteiger partial charge < -0.3 is 4.74 Å². The van der Waals surface area contributed by atoms with Gasteiger partial charge >= 0.3 is 0 Å². The van der Waals surface area contributed by atoms with E-state index in [1.165, 1.54) is 6.07 Å². The second kappa shape index (κ2) is 7.33. The number of hydrogen-bond donors (Lipinski definition) is 0. The zero-order valence-corrected chi connectivity index (χ0v) is 11.7. The fourth-order valence-electron chi connectivity index (χ4n) is 1.82. The van der Waals surface area contributed by atoms with Crippen LogP contribution in [0, 0.1) is 5.82 Å². The summed E-state index contributed by atoms with van der Waals surface area (Å²) in [4.78, 5) is 6.41. The lowest BCUT2D eigenvalue weighted by Gasteiger charge is -2.21. The fourth-order valence-corrected chi connectivity index (χ4v) is 2.48. The molecule has 5 heteroatoms. The Kier molecular flexibility index (Phi) is 5.44. The number of ether oxygens (including phenoxy) is 1. The number of nitrogens with zero attached hydrogens (tertiary/aromatic N) is 2. The maximum absolute atomic E-state index is 13.7. The SMILES string of the molecule is COCCN(Cc1nccs1)Cc1ccccc1F. The maximum atomic E-state index is 13.7. The Balaban J connectivity index is 2.03. The lowest BCUT2D eigenvalue weighted by Crippen LogP contribution is -2.27. The molecule has 0 aliphatic carbocycles. The van der Waals surface area contributed by atoms with Gasteiger partial charge in [0.1, 0.15) is 10.8 Å². The maximum Gasteiger partial charge on any atom is 0.127 e. The van der Waals surface area contributed by atoms with Crippen molar-refractivity contribution in [1.29, 1.82) is 0 Å². The largest absolute Gasteiger partial charge is 0.383 e. The molecule has 0 N–H and O–H groups in total. The van der Waals surface area contributed by atoms with E-state index >= 15 is 0 Å². The highest BCUT2D eigenvalue weighted by Gasteiger charge is 2.11. The minimum atomic E-state index is -0.163. The van der Waals surface area contributed by atoms with Gasteiger partial charge in [0.05, 0.1) is 13.2 Å². The molecule has 0 aliphatic rings. The van der Waals surface area contributed by atoms with Gasteiger partial charge in [-0.25, -0.2) is 9.37 Å². The summed E-state index contributed by atoms with van der Waals surface area (Å²) in [6.07, 6.45) is 1.79. The average molecular weight is 280 g/mol. The van der Waals surface area contributed by atoms with E-state index < -0.39 is 0 Å². The van der Waals surface area contributed by atoms with E-state index in [4.69, 9.17) is 4.74 Å². The molecule has 102 valence electrons. The molecule has 0 fully saturated rings. The van der Waals surface area contributed by atoms with Crippen molar-refractivity contribution < 1.29 is 9.13 Å². The molecule has 1 aromatic heterocycles. The minimum Gasteiger partial charge on any atom is -0.383 e. The zero-order valence-electron chi connectivity index (χ0n) is 10.9. The molecule has 0 spiro atoms. The molecule has 1 aromatic carbocycles. The summed E-state index contributed by atoms with van der Waals surface area (Å²) < 4.78 is 18.8. The molecule has 0 atom stereocenters. The molecule has 0 aliphatic heterocycles. The van der Waals surface area contributed by atoms with Gasteiger partial charge in [0.25, 0.3) is 0 Å². The highest BCUT2D eigenvalue weighted by molar-refractivity contribution is 7.09. The van der Waals surface area contributed by atoms with Crippen molar-refractivity contribution in [1.82, 2.24) is 9.88 Å². The normalized spacial score (nSPS) is 11.1. The number of rotatable bonds is 7. The number of hydrogen-bond acceptors (Lipinski definition) is 4. The monoisotopic (exact) mass is 280 g/mol. The van der Waals surface area contributed by atoms with Crippen molar-refractivity contribution in [2.75, 3.05) is 20.3 Å². The third-order valence-electron chi connectivity index (χ3n) is 2.81. The van der Waals surface area contributed by atoms with Crippen molar-refractivity contribution in [2.24, 2.45) is 0 Å².